The number of benzene rings is 2. The van der Waals surface area contributed by atoms with E-state index in [9.17, 15) is 18.8 Å². The Morgan fingerprint density at radius 2 is 1.73 bits per heavy atom. The van der Waals surface area contributed by atoms with E-state index in [1.54, 1.807) is 68.0 Å². The maximum Gasteiger partial charge on any atom is 0.323 e. The van der Waals surface area contributed by atoms with Crippen molar-refractivity contribution in [3.05, 3.63) is 108 Å². The highest BCUT2D eigenvalue weighted by Crippen LogP contribution is 2.33. The lowest BCUT2D eigenvalue weighted by Crippen LogP contribution is -2.39. The van der Waals surface area contributed by atoms with E-state index in [4.69, 9.17) is 5.73 Å². The molecule has 2 aromatic carbocycles. The number of anilines is 3. The lowest BCUT2D eigenvalue weighted by molar-refractivity contribution is 0.0696. The van der Waals surface area contributed by atoms with Crippen LogP contribution in [0.1, 0.15) is 50.7 Å². The summed E-state index contributed by atoms with van der Waals surface area (Å²) in [5.74, 6) is -0.751. The Balaban J connectivity index is 1.22. The zero-order valence-electron chi connectivity index (χ0n) is 23.8. The van der Waals surface area contributed by atoms with Crippen LogP contribution >= 0.6 is 0 Å². The number of nitrogens with one attached hydrogen (secondary N) is 2. The van der Waals surface area contributed by atoms with Crippen LogP contribution < -0.4 is 16.4 Å². The number of ketones is 1. The van der Waals surface area contributed by atoms with E-state index in [2.05, 4.69) is 25.6 Å². The highest BCUT2D eigenvalue weighted by molar-refractivity contribution is 6.18. The van der Waals surface area contributed by atoms with Gasteiger partial charge in [-0.1, -0.05) is 18.2 Å². The molecule has 3 aromatic heterocycles. The minimum Gasteiger partial charge on any atom is -0.383 e. The number of urea groups is 1. The third kappa shape index (κ3) is 5.69. The number of pyridine rings is 1. The molecule has 44 heavy (non-hydrogen) atoms. The predicted molar refractivity (Wildman–Crippen MR) is 164 cm³/mol. The van der Waals surface area contributed by atoms with Crippen molar-refractivity contribution >= 4 is 45.9 Å². The van der Waals surface area contributed by atoms with Crippen molar-refractivity contribution in [2.75, 3.05) is 29.5 Å². The zero-order chi connectivity index (χ0) is 30.8. The van der Waals surface area contributed by atoms with Gasteiger partial charge in [0.2, 0.25) is 0 Å². The molecule has 6 rings (SSSR count). The number of aryl methyl sites for hydroxylation is 1. The monoisotopic (exact) mass is 592 g/mol. The van der Waals surface area contributed by atoms with Crippen molar-refractivity contribution < 1.29 is 18.8 Å². The molecular weight excluding hydrogens is 563 g/mol. The van der Waals surface area contributed by atoms with Crippen molar-refractivity contribution in [2.24, 2.45) is 0 Å². The van der Waals surface area contributed by atoms with Gasteiger partial charge in [-0.05, 0) is 61.7 Å². The number of nitrogen functional groups attached to an aromatic ring is 1. The summed E-state index contributed by atoms with van der Waals surface area (Å²) < 4.78 is 16.1. The van der Waals surface area contributed by atoms with Gasteiger partial charge < -0.3 is 25.8 Å². The Kier molecular flexibility index (Phi) is 7.71. The van der Waals surface area contributed by atoms with Gasteiger partial charge in [0.05, 0.1) is 16.6 Å². The number of hydrogen-bond donors (Lipinski definition) is 3. The first-order valence-corrected chi connectivity index (χ1v) is 14.1. The van der Waals surface area contributed by atoms with E-state index in [0.717, 1.165) is 5.56 Å². The van der Waals surface area contributed by atoms with Crippen LogP contribution in [0.4, 0.5) is 26.4 Å². The van der Waals surface area contributed by atoms with Gasteiger partial charge in [0.25, 0.3) is 5.91 Å². The summed E-state index contributed by atoms with van der Waals surface area (Å²) in [6.45, 7) is 2.87. The summed E-state index contributed by atoms with van der Waals surface area (Å²) in [6, 6.07) is 13.6. The molecule has 4 heterocycles. The first kappa shape index (κ1) is 28.5. The van der Waals surface area contributed by atoms with Gasteiger partial charge >= 0.3 is 6.03 Å². The van der Waals surface area contributed by atoms with Gasteiger partial charge in [0.15, 0.2) is 5.78 Å². The smallest absolute Gasteiger partial charge is 0.323 e. The molecule has 1 aliphatic rings. The van der Waals surface area contributed by atoms with Crippen LogP contribution in [-0.2, 0) is 0 Å². The van der Waals surface area contributed by atoms with Crippen LogP contribution in [0.2, 0.25) is 0 Å². The molecule has 11 nitrogen and oxygen atoms in total. The fourth-order valence-corrected chi connectivity index (χ4v) is 5.50. The average Bonchev–Trinajstić information content (AvgIpc) is 3.43. The van der Waals surface area contributed by atoms with Crippen molar-refractivity contribution in [2.45, 2.75) is 25.8 Å². The highest BCUT2D eigenvalue weighted by Gasteiger charge is 2.28. The molecular formula is C32H29FN8O3. The number of piperidine rings is 1. The van der Waals surface area contributed by atoms with Crippen LogP contribution in [-0.4, -0.2) is 55.2 Å². The highest BCUT2D eigenvalue weighted by atomic mass is 19.1. The summed E-state index contributed by atoms with van der Waals surface area (Å²) in [4.78, 5) is 53.8. The molecule has 0 unspecified atom stereocenters. The Morgan fingerprint density at radius 1 is 0.955 bits per heavy atom. The second kappa shape index (κ2) is 11.9. The van der Waals surface area contributed by atoms with E-state index < -0.39 is 11.8 Å². The van der Waals surface area contributed by atoms with Crippen LogP contribution in [0.25, 0.3) is 11.0 Å². The third-order valence-electron chi connectivity index (χ3n) is 7.71. The molecule has 12 heteroatoms. The summed E-state index contributed by atoms with van der Waals surface area (Å²) in [5.41, 5.74) is 9.22. The molecule has 0 radical (unpaired) electrons. The van der Waals surface area contributed by atoms with E-state index >= 15 is 0 Å². The summed E-state index contributed by atoms with van der Waals surface area (Å²) in [6.07, 6.45) is 7.63. The van der Waals surface area contributed by atoms with E-state index in [-0.39, 0.29) is 29.2 Å². The molecule has 3 amide bonds. The second-order valence-electron chi connectivity index (χ2n) is 10.6. The summed E-state index contributed by atoms with van der Waals surface area (Å²) >= 11 is 0. The number of likely N-dealkylation sites (tertiary alicyclic amines) is 1. The SMILES string of the molecule is Cc1ccc(F)c(NC(=O)Nc2cccc(C(=O)c3cn(C4CCN(C(=O)c5ccncc5)CC4)c4ncnc(N)c34)c2)c1. The molecule has 1 fully saturated rings. The molecule has 0 saturated carbocycles. The quantitative estimate of drug-likeness (QED) is 0.229. The van der Waals surface area contributed by atoms with Crippen LogP contribution in [0.3, 0.4) is 0 Å². The number of fused-ring (bicyclic) bond motifs is 1. The molecule has 222 valence electrons. The molecule has 0 aliphatic carbocycles. The Bertz CT molecular complexity index is 1880. The normalized spacial score (nSPS) is 13.5. The fourth-order valence-electron chi connectivity index (χ4n) is 5.50. The zero-order valence-corrected chi connectivity index (χ0v) is 23.8. The molecule has 4 N–H and O–H groups in total. The fraction of sp³-hybridized carbons (Fsp3) is 0.188. The lowest BCUT2D eigenvalue weighted by Gasteiger charge is -2.33. The van der Waals surface area contributed by atoms with E-state index in [1.807, 2.05) is 9.47 Å². The van der Waals surface area contributed by atoms with Gasteiger partial charge in [-0.25, -0.2) is 19.2 Å². The first-order chi connectivity index (χ1) is 21.3. The number of halogens is 1. The van der Waals surface area contributed by atoms with Crippen molar-refractivity contribution in [3.63, 3.8) is 0 Å². The molecule has 1 aliphatic heterocycles. The maximum atomic E-state index is 14.1. The standard InChI is InChI=1S/C32H29FN8O3/c1-19-5-6-25(33)26(15-19)39-32(44)38-22-4-2-3-21(16-22)28(42)24-17-41(30-27(24)29(34)36-18-37-30)23-9-13-40(14-10-23)31(43)20-7-11-35-12-8-20/h2-8,11-12,15-18,23H,9-10,13-14H2,1H3,(H2,34,36,37)(H2,38,39,44). The Hall–Kier alpha value is -5.65. The summed E-state index contributed by atoms with van der Waals surface area (Å²) in [7, 11) is 0. The number of amides is 3. The number of rotatable bonds is 6. The van der Waals surface area contributed by atoms with Crippen molar-refractivity contribution in [1.82, 2.24) is 24.4 Å². The van der Waals surface area contributed by atoms with Crippen molar-refractivity contribution in [3.8, 4) is 0 Å². The van der Waals surface area contributed by atoms with Gasteiger partial charge in [-0.3, -0.25) is 14.6 Å². The Morgan fingerprint density at radius 3 is 2.50 bits per heavy atom. The van der Waals surface area contributed by atoms with Crippen LogP contribution in [0.5, 0.6) is 0 Å². The van der Waals surface area contributed by atoms with Gasteiger partial charge in [-0.2, -0.15) is 0 Å². The van der Waals surface area contributed by atoms with Gasteiger partial charge in [0.1, 0.15) is 23.6 Å². The Labute approximate surface area is 251 Å². The minimum absolute atomic E-state index is 0.0199. The van der Waals surface area contributed by atoms with E-state index in [1.165, 1.54) is 18.5 Å². The van der Waals surface area contributed by atoms with Gasteiger partial charge in [-0.15, -0.1) is 0 Å². The molecule has 0 bridgehead atoms. The minimum atomic E-state index is -0.651. The van der Waals surface area contributed by atoms with Gasteiger partial charge in [0, 0.05) is 54.5 Å². The van der Waals surface area contributed by atoms with Crippen LogP contribution in [0.15, 0.2) is 79.5 Å². The topological polar surface area (TPSA) is 148 Å². The number of carbonyl (C=O) groups is 3. The number of nitrogens with two attached hydrogens (primary N) is 1. The number of aromatic nitrogens is 4. The predicted octanol–water partition coefficient (Wildman–Crippen LogP) is 5.21. The van der Waals surface area contributed by atoms with Crippen molar-refractivity contribution in [1.29, 1.82) is 0 Å². The number of nitrogens with zero attached hydrogens (tertiary/aromatic N) is 5. The summed E-state index contributed by atoms with van der Waals surface area (Å²) in [5, 5.41) is 5.60. The lowest BCUT2D eigenvalue weighted by atomic mass is 10.0. The first-order valence-electron chi connectivity index (χ1n) is 14.1. The van der Waals surface area contributed by atoms with Crippen LogP contribution in [0, 0.1) is 12.7 Å². The molecule has 1 saturated heterocycles. The number of carbonyl (C=O) groups excluding carboxylic acids is 3. The molecule has 5 aromatic rings. The maximum absolute atomic E-state index is 14.1. The third-order valence-corrected chi connectivity index (χ3v) is 7.71. The molecule has 0 spiro atoms. The van der Waals surface area contributed by atoms with E-state index in [0.29, 0.717) is 59.3 Å². The molecule has 0 atom stereocenters. The number of hydrogen-bond acceptors (Lipinski definition) is 7. The second-order valence-corrected chi connectivity index (χ2v) is 10.6. The average molecular weight is 593 g/mol. The largest absolute Gasteiger partial charge is 0.383 e.